The van der Waals surface area contributed by atoms with Gasteiger partial charge < -0.3 is 14.9 Å². The zero-order valence-electron chi connectivity index (χ0n) is 20.6. The molecule has 11 heteroatoms. The number of hydrogen-bond acceptors (Lipinski definition) is 4. The lowest BCUT2D eigenvalue weighted by Crippen LogP contribution is -2.49. The number of benzene rings is 2. The zero-order valence-corrected chi connectivity index (χ0v) is 20.6. The molecule has 2 heterocycles. The van der Waals surface area contributed by atoms with Crippen molar-refractivity contribution in [2.24, 2.45) is 0 Å². The minimum atomic E-state index is -4.96. The van der Waals surface area contributed by atoms with Crippen LogP contribution in [0.25, 0.3) is 21.9 Å². The largest absolute Gasteiger partial charge is 0.471 e. The van der Waals surface area contributed by atoms with Gasteiger partial charge in [0, 0.05) is 25.0 Å². The van der Waals surface area contributed by atoms with Crippen LogP contribution in [0.15, 0.2) is 58.1 Å². The number of alkyl halides is 3. The quantitative estimate of drug-likeness (QED) is 0.346. The molecule has 0 aliphatic heterocycles. The van der Waals surface area contributed by atoms with Crippen molar-refractivity contribution in [3.63, 3.8) is 0 Å². The average Bonchev–Trinajstić information content (AvgIpc) is 3.24. The molecule has 0 spiro atoms. The molecule has 0 radical (unpaired) electrons. The third-order valence-corrected chi connectivity index (χ3v) is 7.32. The van der Waals surface area contributed by atoms with Crippen molar-refractivity contribution in [3.05, 3.63) is 75.2 Å². The minimum absolute atomic E-state index is 0.0431. The molecule has 1 aliphatic carbocycles. The van der Waals surface area contributed by atoms with E-state index in [-0.39, 0.29) is 23.8 Å². The number of fused-ring (bicyclic) bond motifs is 2. The summed E-state index contributed by atoms with van der Waals surface area (Å²) in [6.45, 7) is -0.0431. The Morgan fingerprint density at radius 1 is 0.974 bits per heavy atom. The van der Waals surface area contributed by atoms with Crippen LogP contribution in [-0.4, -0.2) is 49.1 Å². The van der Waals surface area contributed by atoms with E-state index >= 15 is 0 Å². The van der Waals surface area contributed by atoms with Crippen LogP contribution in [0.1, 0.15) is 50.4 Å². The summed E-state index contributed by atoms with van der Waals surface area (Å²) in [5.41, 5.74) is 1.55. The SMILES string of the molecule is O=C(N(CCCCc1nc2ccccc2c(=O)[nH]1)C1CCC(n2c(=O)[nH]c3ccccc32)CC1)C(F)(F)F. The molecule has 5 rings (SSSR count). The van der Waals surface area contributed by atoms with Crippen LogP contribution in [0, 0.1) is 0 Å². The van der Waals surface area contributed by atoms with Crippen molar-refractivity contribution >= 4 is 27.8 Å². The van der Waals surface area contributed by atoms with Crippen LogP contribution in [0.4, 0.5) is 13.2 Å². The van der Waals surface area contributed by atoms with Gasteiger partial charge in [0.25, 0.3) is 5.56 Å². The molecule has 0 bridgehead atoms. The third-order valence-electron chi connectivity index (χ3n) is 7.32. The molecule has 1 fully saturated rings. The van der Waals surface area contributed by atoms with Crippen LogP contribution < -0.4 is 11.2 Å². The van der Waals surface area contributed by atoms with Crippen LogP contribution in [0.5, 0.6) is 0 Å². The van der Waals surface area contributed by atoms with Crippen molar-refractivity contribution in [2.75, 3.05) is 6.54 Å². The number of aryl methyl sites for hydroxylation is 1. The number of H-pyrrole nitrogens is 2. The smallest absolute Gasteiger partial charge is 0.332 e. The molecule has 200 valence electrons. The maximum Gasteiger partial charge on any atom is 0.471 e. The van der Waals surface area contributed by atoms with Gasteiger partial charge in [-0.05, 0) is 62.8 Å². The average molecular weight is 528 g/mol. The molecule has 0 unspecified atom stereocenters. The molecular formula is C27H28F3N5O3. The fourth-order valence-electron chi connectivity index (χ4n) is 5.51. The number of rotatable bonds is 7. The summed E-state index contributed by atoms with van der Waals surface area (Å²) in [7, 11) is 0. The number of nitrogens with one attached hydrogen (secondary N) is 2. The number of aromatic nitrogens is 4. The van der Waals surface area contributed by atoms with E-state index in [0.29, 0.717) is 61.7 Å². The van der Waals surface area contributed by atoms with Crippen LogP contribution in [0.3, 0.4) is 0 Å². The number of nitrogens with zero attached hydrogens (tertiary/aromatic N) is 3. The van der Waals surface area contributed by atoms with E-state index in [1.165, 1.54) is 0 Å². The fourth-order valence-corrected chi connectivity index (χ4v) is 5.51. The second-order valence-electron chi connectivity index (χ2n) is 9.76. The number of carbonyl (C=O) groups is 1. The van der Waals surface area contributed by atoms with Crippen LogP contribution in [0.2, 0.25) is 0 Å². The second-order valence-corrected chi connectivity index (χ2v) is 9.76. The number of unbranched alkanes of at least 4 members (excludes halogenated alkanes) is 1. The van der Waals surface area contributed by atoms with E-state index in [4.69, 9.17) is 0 Å². The van der Waals surface area contributed by atoms with Gasteiger partial charge in [0.15, 0.2) is 0 Å². The van der Waals surface area contributed by atoms with Gasteiger partial charge in [-0.2, -0.15) is 13.2 Å². The first-order chi connectivity index (χ1) is 18.2. The highest BCUT2D eigenvalue weighted by atomic mass is 19.4. The molecule has 1 saturated carbocycles. The third kappa shape index (κ3) is 5.23. The first-order valence-corrected chi connectivity index (χ1v) is 12.8. The summed E-state index contributed by atoms with van der Waals surface area (Å²) in [4.78, 5) is 48.1. The van der Waals surface area contributed by atoms with E-state index in [9.17, 15) is 27.6 Å². The van der Waals surface area contributed by atoms with Crippen molar-refractivity contribution in [3.8, 4) is 0 Å². The molecule has 2 aromatic heterocycles. The maximum atomic E-state index is 13.5. The maximum absolute atomic E-state index is 13.5. The second kappa shape index (κ2) is 10.5. The normalized spacial score (nSPS) is 18.2. The number of amides is 1. The molecule has 0 saturated heterocycles. The molecule has 0 atom stereocenters. The number of aromatic amines is 2. The Hall–Kier alpha value is -3.89. The van der Waals surface area contributed by atoms with E-state index < -0.39 is 18.1 Å². The fraction of sp³-hybridized carbons (Fsp3) is 0.407. The number of imidazole rings is 1. The summed E-state index contributed by atoms with van der Waals surface area (Å²) in [6.07, 6.45) is -2.05. The van der Waals surface area contributed by atoms with Crippen molar-refractivity contribution < 1.29 is 18.0 Å². The summed E-state index contributed by atoms with van der Waals surface area (Å²) in [6, 6.07) is 13.6. The van der Waals surface area contributed by atoms with Gasteiger partial charge in [0.1, 0.15) is 5.82 Å². The molecular weight excluding hydrogens is 499 g/mol. The molecule has 2 N–H and O–H groups in total. The van der Waals surface area contributed by atoms with Gasteiger partial charge in [-0.25, -0.2) is 9.78 Å². The molecule has 1 aliphatic rings. The van der Waals surface area contributed by atoms with Crippen molar-refractivity contribution in [1.82, 2.24) is 24.4 Å². The van der Waals surface area contributed by atoms with Gasteiger partial charge in [-0.15, -0.1) is 0 Å². The van der Waals surface area contributed by atoms with Crippen molar-refractivity contribution in [1.29, 1.82) is 0 Å². The van der Waals surface area contributed by atoms with Gasteiger partial charge in [0.05, 0.1) is 21.9 Å². The van der Waals surface area contributed by atoms with Crippen LogP contribution in [-0.2, 0) is 11.2 Å². The number of para-hydroxylation sites is 3. The topological polar surface area (TPSA) is 104 Å². The zero-order chi connectivity index (χ0) is 26.9. The number of halogens is 3. The van der Waals surface area contributed by atoms with E-state index in [2.05, 4.69) is 15.0 Å². The summed E-state index contributed by atoms with van der Waals surface area (Å²) in [5.74, 6) is -1.37. The Morgan fingerprint density at radius 2 is 1.68 bits per heavy atom. The van der Waals surface area contributed by atoms with Gasteiger partial charge in [0.2, 0.25) is 0 Å². The minimum Gasteiger partial charge on any atom is -0.332 e. The summed E-state index contributed by atoms with van der Waals surface area (Å²) >= 11 is 0. The summed E-state index contributed by atoms with van der Waals surface area (Å²) in [5, 5.41) is 0.476. The van der Waals surface area contributed by atoms with E-state index in [1.54, 1.807) is 28.8 Å². The Balaban J connectivity index is 1.24. The predicted molar refractivity (Wildman–Crippen MR) is 137 cm³/mol. The van der Waals surface area contributed by atoms with Gasteiger partial charge >= 0.3 is 17.8 Å². The Morgan fingerprint density at radius 3 is 2.45 bits per heavy atom. The molecule has 38 heavy (non-hydrogen) atoms. The lowest BCUT2D eigenvalue weighted by Gasteiger charge is -2.37. The van der Waals surface area contributed by atoms with Crippen LogP contribution >= 0.6 is 0 Å². The lowest BCUT2D eigenvalue weighted by molar-refractivity contribution is -0.188. The first kappa shape index (κ1) is 25.7. The van der Waals surface area contributed by atoms with Gasteiger partial charge in [-0.1, -0.05) is 24.3 Å². The Bertz CT molecular complexity index is 1560. The highest BCUT2D eigenvalue weighted by molar-refractivity contribution is 5.82. The lowest BCUT2D eigenvalue weighted by atomic mass is 9.89. The molecule has 8 nitrogen and oxygen atoms in total. The standard InChI is InChI=1S/C27H28F3N5O3/c28-27(29,30)25(37)34(16-6-5-11-23-31-20-8-2-1-7-19(20)24(36)33-23)17-12-14-18(15-13-17)35-22-10-4-3-9-21(22)32-26(35)38/h1-4,7-10,17-18H,5-6,11-16H2,(H,32,38)(H,31,33,36). The number of carbonyl (C=O) groups excluding carboxylic acids is 1. The molecule has 2 aromatic carbocycles. The van der Waals surface area contributed by atoms with Gasteiger partial charge in [-0.3, -0.25) is 14.2 Å². The predicted octanol–water partition coefficient (Wildman–Crippen LogP) is 4.46. The highest BCUT2D eigenvalue weighted by Gasteiger charge is 2.45. The monoisotopic (exact) mass is 527 g/mol. The summed E-state index contributed by atoms with van der Waals surface area (Å²) < 4.78 is 42.1. The highest BCUT2D eigenvalue weighted by Crippen LogP contribution is 2.34. The molecule has 1 amide bonds. The van der Waals surface area contributed by atoms with E-state index in [0.717, 1.165) is 15.9 Å². The first-order valence-electron chi connectivity index (χ1n) is 12.8. The Kier molecular flexibility index (Phi) is 7.09. The molecule has 4 aromatic rings. The van der Waals surface area contributed by atoms with E-state index in [1.807, 2.05) is 24.3 Å². The number of hydrogen-bond donors (Lipinski definition) is 2. The Labute approximate surface area is 215 Å². The van der Waals surface area contributed by atoms with Crippen molar-refractivity contribution in [2.45, 2.75) is 63.2 Å².